The molecule has 0 aliphatic heterocycles. The molecule has 2 aromatic carbocycles. The van der Waals surface area contributed by atoms with Crippen molar-refractivity contribution in [1.29, 1.82) is 0 Å². The molecule has 0 aromatic heterocycles. The van der Waals surface area contributed by atoms with E-state index in [1.807, 2.05) is 27.7 Å². The highest BCUT2D eigenvalue weighted by molar-refractivity contribution is 5.92. The largest absolute Gasteiger partial charge is 0.508 e. The van der Waals surface area contributed by atoms with Crippen molar-refractivity contribution in [3.8, 4) is 11.5 Å². The number of benzene rings is 2. The third kappa shape index (κ3) is 34.4. The van der Waals surface area contributed by atoms with Gasteiger partial charge in [0.2, 0.25) is 11.8 Å². The predicted octanol–water partition coefficient (Wildman–Crippen LogP) is 4.41. The molecule has 0 aliphatic carbocycles. The Morgan fingerprint density at radius 2 is 0.890 bits per heavy atom. The molecule has 0 aliphatic rings. The second kappa shape index (κ2) is 40.8. The van der Waals surface area contributed by atoms with Gasteiger partial charge in [-0.05, 0) is 124 Å². The molecule has 0 saturated heterocycles. The number of hydrogen-bond donors (Lipinski definition) is 11. The van der Waals surface area contributed by atoms with Crippen molar-refractivity contribution in [1.82, 2.24) is 10.6 Å². The normalized spacial score (nSPS) is 13.6. The number of aromatic hydroxyl groups is 2. The number of methoxy groups -OCH3 is 2. The van der Waals surface area contributed by atoms with E-state index < -0.39 is 48.0 Å². The summed E-state index contributed by atoms with van der Waals surface area (Å²) in [4.78, 5) is 81.9. The zero-order valence-corrected chi connectivity index (χ0v) is 44.3. The van der Waals surface area contributed by atoms with Gasteiger partial charge in [-0.1, -0.05) is 72.2 Å². The molecule has 0 spiro atoms. The first-order chi connectivity index (χ1) is 34.4. The number of carbonyl (C=O) groups is 7. The smallest absolute Gasteiger partial charge is 0.326 e. The lowest BCUT2D eigenvalue weighted by molar-refractivity contribution is -0.148. The highest BCUT2D eigenvalue weighted by Gasteiger charge is 2.30. The number of ketones is 1. The van der Waals surface area contributed by atoms with Gasteiger partial charge >= 0.3 is 23.9 Å². The number of carboxylic acid groups (broad SMARTS) is 2. The fraction of sp³-hybridized carbons (Fsp3) is 0.642. The van der Waals surface area contributed by atoms with Crippen LogP contribution in [0.2, 0.25) is 0 Å². The molecule has 2 aromatic rings. The van der Waals surface area contributed by atoms with E-state index in [-0.39, 0.29) is 85.0 Å². The number of nitrogens with one attached hydrogen (secondary N) is 2. The molecule has 20 nitrogen and oxygen atoms in total. The van der Waals surface area contributed by atoms with Gasteiger partial charge in [0.05, 0.1) is 26.2 Å². The van der Waals surface area contributed by atoms with Crippen LogP contribution in [-0.2, 0) is 55.9 Å². The van der Waals surface area contributed by atoms with E-state index in [0.717, 1.165) is 17.5 Å². The van der Waals surface area contributed by atoms with Crippen molar-refractivity contribution in [3.05, 3.63) is 59.7 Å². The van der Waals surface area contributed by atoms with Gasteiger partial charge < -0.3 is 67.3 Å². The van der Waals surface area contributed by atoms with Crippen LogP contribution in [-0.4, -0.2) is 135 Å². The summed E-state index contributed by atoms with van der Waals surface area (Å²) >= 11 is 0. The Hall–Kier alpha value is -5.67. The van der Waals surface area contributed by atoms with Crippen LogP contribution in [0.15, 0.2) is 48.5 Å². The van der Waals surface area contributed by atoms with E-state index >= 15 is 0 Å². The van der Waals surface area contributed by atoms with Gasteiger partial charge in [-0.25, -0.2) is 4.79 Å². The Kier molecular flexibility index (Phi) is 38.8. The molecule has 20 heteroatoms. The lowest BCUT2D eigenvalue weighted by atomic mass is 9.90. The summed E-state index contributed by atoms with van der Waals surface area (Å²) in [5.41, 5.74) is 12.4. The van der Waals surface area contributed by atoms with Crippen LogP contribution in [0.3, 0.4) is 0 Å². The van der Waals surface area contributed by atoms with Crippen LogP contribution in [0.25, 0.3) is 0 Å². The Balaban J connectivity index is 0. The van der Waals surface area contributed by atoms with E-state index in [4.69, 9.17) is 41.7 Å². The maximum atomic E-state index is 13.0. The van der Waals surface area contributed by atoms with Crippen LogP contribution in [0.1, 0.15) is 130 Å². The lowest BCUT2D eigenvalue weighted by Crippen LogP contribution is -2.45. The topological polar surface area (TPSA) is 356 Å². The van der Waals surface area contributed by atoms with Gasteiger partial charge in [0.25, 0.3) is 0 Å². The summed E-state index contributed by atoms with van der Waals surface area (Å²) in [5, 5.41) is 67.2. The number of carboxylic acids is 2. The molecule has 0 radical (unpaired) electrons. The summed E-state index contributed by atoms with van der Waals surface area (Å²) in [5.74, 6) is -4.01. The van der Waals surface area contributed by atoms with Gasteiger partial charge in [0.1, 0.15) is 29.6 Å². The Bertz CT molecular complexity index is 1860. The van der Waals surface area contributed by atoms with Crippen molar-refractivity contribution < 1.29 is 78.8 Å². The van der Waals surface area contributed by atoms with Crippen LogP contribution >= 0.6 is 0 Å². The first kappa shape index (κ1) is 69.4. The van der Waals surface area contributed by atoms with Crippen LogP contribution in [0, 0.1) is 29.6 Å². The lowest BCUT2D eigenvalue weighted by Gasteiger charge is -2.23. The predicted molar refractivity (Wildman–Crippen MR) is 276 cm³/mol. The minimum atomic E-state index is -1.01. The van der Waals surface area contributed by atoms with Gasteiger partial charge in [0, 0.05) is 38.1 Å². The molecule has 2 rings (SSSR count). The van der Waals surface area contributed by atoms with E-state index in [2.05, 4.69) is 15.4 Å². The van der Waals surface area contributed by atoms with E-state index in [9.17, 15) is 43.8 Å². The first-order valence-corrected chi connectivity index (χ1v) is 25.0. The van der Waals surface area contributed by atoms with Gasteiger partial charge in [0.15, 0.2) is 5.78 Å². The third-order valence-corrected chi connectivity index (χ3v) is 11.2. The van der Waals surface area contributed by atoms with E-state index in [1.54, 1.807) is 62.4 Å². The number of nitrogens with two attached hydrogens (primary N) is 2. The zero-order chi connectivity index (χ0) is 56.1. The van der Waals surface area contributed by atoms with E-state index in [1.165, 1.54) is 14.2 Å². The number of aliphatic hydroxyl groups excluding tert-OH is 3. The quantitative estimate of drug-likeness (QED) is 0.0368. The van der Waals surface area contributed by atoms with Crippen LogP contribution in [0.4, 0.5) is 0 Å². The molecule has 13 N–H and O–H groups in total. The van der Waals surface area contributed by atoms with Crippen molar-refractivity contribution in [2.75, 3.05) is 34.0 Å². The number of phenolic OH excluding ortho intramolecular Hbond substituents is 2. The monoisotopic (exact) mass is 1040 g/mol. The zero-order valence-electron chi connectivity index (χ0n) is 44.3. The number of phenols is 2. The summed E-state index contributed by atoms with van der Waals surface area (Å²) in [6.45, 7) is 11.6. The number of hydrogen-bond acceptors (Lipinski definition) is 16. The molecule has 0 heterocycles. The SMILES string of the molecule is CC(C)C[C@H](NC(=O)[C@@H](C)Cc1ccc(O)cc1)C(=O)O.COC(=O)[C@@H](N)CCCCO.COC(=O)[C@H](CCCCO)CC(=O)[C@H](CC(C)C)NC(=O)[C@@H](C)Cc1ccc(O)cc1.N[C@@H](CCCCO)C(=O)O. The number of esters is 2. The third-order valence-electron chi connectivity index (χ3n) is 11.2. The average molecular weight is 1040 g/mol. The van der Waals surface area contributed by atoms with Crippen molar-refractivity contribution in [2.24, 2.45) is 41.1 Å². The Morgan fingerprint density at radius 1 is 0.521 bits per heavy atom. The fourth-order valence-electron chi connectivity index (χ4n) is 6.92. The molecular formula is C53H88N4O16. The Morgan fingerprint density at radius 3 is 1.25 bits per heavy atom. The molecule has 2 amide bonds. The number of amides is 2. The molecule has 416 valence electrons. The maximum absolute atomic E-state index is 13.0. The summed E-state index contributed by atoms with van der Waals surface area (Å²) in [6, 6.07) is 10.5. The fourth-order valence-corrected chi connectivity index (χ4v) is 6.92. The highest BCUT2D eigenvalue weighted by Crippen LogP contribution is 2.20. The number of Topliss-reactive ketones (excluding diaryl/α,β-unsaturated/α-hetero) is 1. The standard InChI is InChI=1S/C24H37NO6.C16H23NO4.C7H15NO3.C6H13NO3/c1-16(2)13-21(22(28)15-19(24(30)31-4)7-5-6-12-26)25-23(29)17(3)14-18-8-10-20(27)11-9-18;1-10(2)8-14(16(20)21)17-15(19)11(3)9-12-4-6-13(18)7-5-12;1-11-7(10)6(8)4-2-3-5-9;7-5(6(9)10)3-1-2-4-8/h8-11,16-17,19,21,26-27H,5-7,12-15H2,1-4H3,(H,25,29);4-7,10-11,14,18H,8-9H2,1-3H3,(H,17,19)(H,20,21);6,9H,2-5,8H2,1H3;5,8H,1-4,7H2,(H,9,10)/t17-,19+,21-;11-,14-;6-;5-/m0000/s1. The van der Waals surface area contributed by atoms with Gasteiger partial charge in [-0.15, -0.1) is 0 Å². The molecule has 0 unspecified atom stereocenters. The van der Waals surface area contributed by atoms with Crippen LogP contribution in [0.5, 0.6) is 11.5 Å². The van der Waals surface area contributed by atoms with Crippen molar-refractivity contribution >= 4 is 41.5 Å². The minimum Gasteiger partial charge on any atom is -0.508 e. The first-order valence-electron chi connectivity index (χ1n) is 25.0. The number of aliphatic carboxylic acids is 2. The molecule has 0 bridgehead atoms. The number of unbranched alkanes of at least 4 members (excludes halogenated alkanes) is 3. The maximum Gasteiger partial charge on any atom is 0.326 e. The highest BCUT2D eigenvalue weighted by atomic mass is 16.5. The average Bonchev–Trinajstić information content (AvgIpc) is 3.34. The second-order valence-electron chi connectivity index (χ2n) is 18.9. The number of carbonyl (C=O) groups excluding carboxylic acids is 5. The van der Waals surface area contributed by atoms with Crippen molar-refractivity contribution in [2.45, 2.75) is 156 Å². The van der Waals surface area contributed by atoms with Gasteiger partial charge in [-0.2, -0.15) is 0 Å². The molecule has 7 atom stereocenters. The number of rotatable bonds is 31. The van der Waals surface area contributed by atoms with Crippen LogP contribution < -0.4 is 22.1 Å². The Labute approximate surface area is 431 Å². The second-order valence-corrected chi connectivity index (χ2v) is 18.9. The molecular weight excluding hydrogens is 949 g/mol. The number of aliphatic hydroxyl groups is 3. The molecule has 73 heavy (non-hydrogen) atoms. The summed E-state index contributed by atoms with van der Waals surface area (Å²) < 4.78 is 9.26. The molecule has 0 saturated carbocycles. The minimum absolute atomic E-state index is 0.00209. The number of ether oxygens (including phenoxy) is 2. The summed E-state index contributed by atoms with van der Waals surface area (Å²) in [6.07, 6.45) is 7.28. The van der Waals surface area contributed by atoms with Crippen molar-refractivity contribution in [3.63, 3.8) is 0 Å². The summed E-state index contributed by atoms with van der Waals surface area (Å²) in [7, 11) is 2.61. The van der Waals surface area contributed by atoms with E-state index in [0.29, 0.717) is 77.0 Å². The molecule has 0 fully saturated rings. The van der Waals surface area contributed by atoms with Gasteiger partial charge in [-0.3, -0.25) is 28.8 Å².